The molecule has 0 saturated carbocycles. The molecule has 1 unspecified atom stereocenters. The maximum Gasteiger partial charge on any atom is 0.311 e. The number of halogens is 2. The number of nitrogen functional groups attached to an aromatic ring is 2. The molecule has 0 bridgehead atoms. The van der Waals surface area contributed by atoms with Crippen LogP contribution >= 0.6 is 91.4 Å². The van der Waals surface area contributed by atoms with Gasteiger partial charge in [0.05, 0.1) is 280 Å². The molecule has 6 fully saturated rings. The molecule has 6 aliphatic rings. The van der Waals surface area contributed by atoms with Crippen molar-refractivity contribution in [3.63, 3.8) is 0 Å². The number of aromatic nitrogens is 8. The van der Waals surface area contributed by atoms with E-state index in [1.807, 2.05) is 57.2 Å². The van der Waals surface area contributed by atoms with Crippen LogP contribution in [0.1, 0.15) is 147 Å². The number of hydrogen-bond donors (Lipinski definition) is 10. The first-order valence-corrected chi connectivity index (χ1v) is 50.0. The fourth-order valence-corrected chi connectivity index (χ4v) is 21.3. The molecule has 13 aromatic heterocycles. The van der Waals surface area contributed by atoms with Gasteiger partial charge in [0.1, 0.15) is 58.5 Å². The van der Waals surface area contributed by atoms with Crippen LogP contribution in [0, 0.1) is 106 Å². The fraction of sp³-hybridized carbons (Fsp3) is 0.440. The first-order chi connectivity index (χ1) is 66.8. The molecule has 6 aliphatic heterocycles. The molecule has 1 amide bonds. The van der Waals surface area contributed by atoms with Gasteiger partial charge in [0.15, 0.2) is 0 Å². The standard InChI is InChI=1S/C17H18N4O2S.2C14H14N4O3S.2C14H16N4OS.C7H3ClN2O2S.C7H11ClN2O.C3H7NO2.CH3.Pd/c1-10(22)17-20-14-8-19-13-5-7-24-16(13)15(14)21(17)11-2-3-12(4-6-18)23-9-11;2*15-5-3-10-2-1-9(8-21-10)17-13-12(18(19)20)7-16-11-4-6-22-14(11)13;2*15-5-3-10-2-1-9(8-19-10)18-13-11(16)7-17-12-4-6-20-14(12)13;8-6-5(10(11)12)3-9-4-1-2-13-7(4)6;8-10-6-1-2-7(3-4-9)11-5-6;1-2(5)3(4)6;;/h5,7-8,10-12,22H,2-4,9H2,1H3;2*4,6-7,9-10H,1-3,8H2,(H,16,17);2*4,6-7,9-10H,1-3,8,16H2,(H,17,18);1-3H;6-7,10H,1-3,5H2;2,5H,1H3,(H2,4,6);1H3;/q;;;;;;;;-1;/t10-,11+,12-;9-,10+;9-,10-;9-,10+;9-,10-;;6-,7?;2-;;/m10000.01../s1. The second-order valence-corrected chi connectivity index (χ2v) is 38.6. The summed E-state index contributed by atoms with van der Waals surface area (Å²) in [6.07, 6.45) is 20.8. The van der Waals surface area contributed by atoms with Gasteiger partial charge in [0, 0.05) is 50.6 Å². The second kappa shape index (κ2) is 55.0. The Labute approximate surface area is 852 Å². The van der Waals surface area contributed by atoms with Crippen molar-refractivity contribution in [2.45, 2.75) is 215 Å². The summed E-state index contributed by atoms with van der Waals surface area (Å²) in [6.45, 7) is 6.32. The Bertz CT molecular complexity index is 6320. The number of rotatable bonds is 21. The smallest absolute Gasteiger partial charge is 0.311 e. The van der Waals surface area contributed by atoms with Crippen molar-refractivity contribution in [1.82, 2.24) is 44.3 Å². The van der Waals surface area contributed by atoms with Gasteiger partial charge in [-0.05, 0) is 171 Å². The fourth-order valence-electron chi connectivity index (χ4n) is 15.6. The van der Waals surface area contributed by atoms with Gasteiger partial charge < -0.3 is 89.1 Å². The molecule has 0 aliphatic carbocycles. The Balaban J connectivity index is 0.000000168. The molecule has 0 spiro atoms. The molecule has 19 rings (SSSR count). The molecule has 6 saturated heterocycles. The van der Waals surface area contributed by atoms with Crippen LogP contribution in [-0.4, -0.2) is 183 Å². The largest absolute Gasteiger partial charge is 0.396 e. The summed E-state index contributed by atoms with van der Waals surface area (Å²) in [7, 11) is 0. The van der Waals surface area contributed by atoms with Crippen molar-refractivity contribution < 1.29 is 78.6 Å². The quantitative estimate of drug-likeness (QED) is 0.0105. The molecule has 742 valence electrons. The van der Waals surface area contributed by atoms with E-state index in [1.165, 1.54) is 59.5 Å². The summed E-state index contributed by atoms with van der Waals surface area (Å²) in [5, 5.41) is 128. The average Bonchev–Trinajstić information content (AvgIpc) is 1.59. The van der Waals surface area contributed by atoms with Gasteiger partial charge in [-0.15, -0.1) is 68.0 Å². The van der Waals surface area contributed by atoms with E-state index in [9.17, 15) is 40.2 Å². The van der Waals surface area contributed by atoms with E-state index in [-0.39, 0.29) is 123 Å². The van der Waals surface area contributed by atoms with E-state index in [1.54, 1.807) is 71.0 Å². The number of anilines is 6. The number of carbonyl (C=O) groups excluding carboxylic acids is 1. The van der Waals surface area contributed by atoms with Crippen LogP contribution < -0.4 is 43.3 Å². The second-order valence-electron chi connectivity index (χ2n) is 32.5. The van der Waals surface area contributed by atoms with Gasteiger partial charge in [-0.25, -0.2) is 24.8 Å². The van der Waals surface area contributed by atoms with Crippen molar-refractivity contribution >= 4 is 221 Å². The molecule has 13 N–H and O–H groups in total. The molecule has 19 heterocycles. The van der Waals surface area contributed by atoms with Gasteiger partial charge in [0.25, 0.3) is 0 Å². The SMILES string of the molecule is C[C@@H](O)C(N)=O.C[C@@H](O)c1nc2cnc3ccsc3c2n1[C@H]1CC[C@H](CC#N)OC1.N#CCC1CC[C@H](NCl)CO1.N#CC[C@@H]1CC[C@H](Nc2c(N)cnc3ccsc23)CO1.N#CC[C@@H]1CC[C@H](Nc2c([N+](=O)[O-])cnc3ccsc23)CO1.N#CC[C@H]1CC[C@H](Nc2c(N)cnc3ccsc23)CO1.N#CC[C@H]1CC[C@H](Nc2c([N+](=O)[O-])cnc3ccsc23)CO1.O=[N+]([O-])c1cnc2ccsc2c1Cl.[CH3-].[Pd]. The summed E-state index contributed by atoms with van der Waals surface area (Å²) < 4.78 is 41.5. The molecule has 140 heavy (non-hydrogen) atoms. The van der Waals surface area contributed by atoms with Crippen LogP contribution in [0.5, 0.6) is 0 Å². The number of thiophene rings is 6. The zero-order valence-corrected chi connectivity index (χ0v) is 84.0. The number of primary amides is 1. The van der Waals surface area contributed by atoms with Crippen LogP contribution in [-0.2, 0) is 53.6 Å². The van der Waals surface area contributed by atoms with Crippen LogP contribution in [0.3, 0.4) is 0 Å². The molecule has 0 aromatic carbocycles. The molecule has 0 radical (unpaired) electrons. The summed E-state index contributed by atoms with van der Waals surface area (Å²) >= 11 is 20.3. The van der Waals surface area contributed by atoms with Crippen molar-refractivity contribution in [2.24, 2.45) is 5.73 Å². The molecule has 14 atom stereocenters. The Morgan fingerprint density at radius 3 is 1.02 bits per heavy atom. The van der Waals surface area contributed by atoms with E-state index in [4.69, 9.17) is 99.9 Å². The average molecular weight is 2160 g/mol. The van der Waals surface area contributed by atoms with Crippen LogP contribution in [0.15, 0.2) is 106 Å². The topological polar surface area (TPSA) is 618 Å². The zero-order chi connectivity index (χ0) is 98.3. The Morgan fingerprint density at radius 2 is 0.721 bits per heavy atom. The van der Waals surface area contributed by atoms with Gasteiger partial charge >= 0.3 is 17.1 Å². The monoisotopic (exact) mass is 2150 g/mol. The van der Waals surface area contributed by atoms with E-state index >= 15 is 0 Å². The van der Waals surface area contributed by atoms with Crippen molar-refractivity contribution in [2.75, 3.05) is 72.4 Å². The number of pyridine rings is 6. The maximum atomic E-state index is 11.2. The third-order valence-corrected chi connectivity index (χ3v) is 29.2. The number of aliphatic hydroxyl groups excluding tert-OH is 2. The minimum Gasteiger partial charge on any atom is -0.396 e. The first kappa shape index (κ1) is 110. The minimum absolute atomic E-state index is 0. The number of nitrogens with zero attached hydrogens (tertiary/aromatic N) is 17. The maximum absolute atomic E-state index is 11.2. The molecule has 13 aromatic rings. The zero-order valence-electron chi connectivity index (χ0n) is 76.0. The molecule has 40 nitrogen and oxygen atoms in total. The number of nitrogens with two attached hydrogens (primary N) is 3. The third kappa shape index (κ3) is 29.8. The molecular formula is C91H102Cl2N25O15PdS6-. The number of fused-ring (bicyclic) bond motifs is 8. The van der Waals surface area contributed by atoms with Gasteiger partial charge in [-0.2, -0.15) is 31.6 Å². The van der Waals surface area contributed by atoms with Crippen LogP contribution in [0.2, 0.25) is 5.02 Å². The number of ether oxygens (including phenoxy) is 6. The number of aliphatic hydroxyl groups is 2. The van der Waals surface area contributed by atoms with Crippen molar-refractivity contribution in [1.29, 1.82) is 31.6 Å². The number of carbonyl (C=O) groups is 1. The molecular weight excluding hydrogens is 2050 g/mol. The van der Waals surface area contributed by atoms with E-state index in [0.29, 0.717) is 117 Å². The number of nitriles is 6. The summed E-state index contributed by atoms with van der Waals surface area (Å²) in [5.41, 5.74) is 27.6. The van der Waals surface area contributed by atoms with E-state index in [2.05, 4.69) is 108 Å². The minimum atomic E-state index is -1.01. The normalized spacial score (nSPS) is 21.1. The predicted molar refractivity (Wildman–Crippen MR) is 539 cm³/mol. The predicted octanol–water partition coefficient (Wildman–Crippen LogP) is 18.3. The van der Waals surface area contributed by atoms with Gasteiger partial charge in [-0.1, -0.05) is 11.6 Å². The van der Waals surface area contributed by atoms with E-state index < -0.39 is 32.9 Å². The van der Waals surface area contributed by atoms with Crippen LogP contribution in [0.4, 0.5) is 51.2 Å². The summed E-state index contributed by atoms with van der Waals surface area (Å²) in [5.74, 6) is -0.0324. The van der Waals surface area contributed by atoms with Crippen LogP contribution in [0.25, 0.3) is 72.3 Å². The Morgan fingerprint density at radius 1 is 0.443 bits per heavy atom. The summed E-state index contributed by atoms with van der Waals surface area (Å²) in [6, 6.07) is 25.1. The number of hydrogen-bond acceptors (Lipinski definition) is 41. The van der Waals surface area contributed by atoms with Gasteiger partial charge in [0.2, 0.25) is 5.91 Å². The van der Waals surface area contributed by atoms with Crippen molar-refractivity contribution in [3.05, 3.63) is 154 Å². The number of amides is 1. The van der Waals surface area contributed by atoms with Gasteiger partial charge in [-0.3, -0.25) is 50.1 Å². The number of imidazole rings is 1. The van der Waals surface area contributed by atoms with Crippen molar-refractivity contribution in [3.8, 4) is 36.4 Å². The van der Waals surface area contributed by atoms with E-state index in [0.717, 1.165) is 151 Å². The molecule has 49 heteroatoms. The Kier molecular flexibility index (Phi) is 43.4. The third-order valence-electron chi connectivity index (χ3n) is 22.9. The Hall–Kier alpha value is -11.6. The number of nitrogens with one attached hydrogen (secondary N) is 5. The summed E-state index contributed by atoms with van der Waals surface area (Å²) in [4.78, 5) is 73.7. The number of nitro groups is 3. The first-order valence-electron chi connectivity index (χ1n) is 44.0.